The zero-order chi connectivity index (χ0) is 20.1. The van der Waals surface area contributed by atoms with Crippen molar-refractivity contribution in [2.75, 3.05) is 26.1 Å². The number of rotatable bonds is 8. The number of anilines is 1. The number of hydrogen-bond donors (Lipinski definition) is 2. The fraction of sp³-hybridized carbons (Fsp3) is 0.409. The highest BCUT2D eigenvalue weighted by atomic mass is 16.5. The Labute approximate surface area is 166 Å². The first-order valence-electron chi connectivity index (χ1n) is 9.59. The molecule has 0 saturated heterocycles. The van der Waals surface area contributed by atoms with Crippen LogP contribution in [0.25, 0.3) is 0 Å². The van der Waals surface area contributed by atoms with Gasteiger partial charge in [-0.3, -0.25) is 4.79 Å². The monoisotopic (exact) mass is 384 g/mol. The fourth-order valence-corrected chi connectivity index (χ4v) is 3.38. The van der Waals surface area contributed by atoms with Crippen LogP contribution in [0.1, 0.15) is 43.0 Å². The van der Waals surface area contributed by atoms with Crippen LogP contribution in [0.5, 0.6) is 17.2 Å². The van der Waals surface area contributed by atoms with Gasteiger partial charge in [0.05, 0.1) is 20.8 Å². The van der Waals surface area contributed by atoms with Gasteiger partial charge >= 0.3 is 0 Å². The first-order chi connectivity index (χ1) is 13.5. The lowest BCUT2D eigenvalue weighted by molar-refractivity contribution is -0.116. The van der Waals surface area contributed by atoms with E-state index in [1.54, 1.807) is 14.2 Å². The molecule has 0 aliphatic carbocycles. The molecule has 1 atom stereocenters. The SMILES string of the molecule is CCOc1c(OC)cc(CNC(C)c2ccc3c(c2)CCC(=O)N3)cc1OC. The summed E-state index contributed by atoms with van der Waals surface area (Å²) in [6.07, 6.45) is 1.33. The number of methoxy groups -OCH3 is 2. The van der Waals surface area contributed by atoms with Gasteiger partial charge < -0.3 is 24.8 Å². The van der Waals surface area contributed by atoms with Crippen molar-refractivity contribution < 1.29 is 19.0 Å². The van der Waals surface area contributed by atoms with Gasteiger partial charge in [0.25, 0.3) is 0 Å². The quantitative estimate of drug-likeness (QED) is 0.724. The lowest BCUT2D eigenvalue weighted by Gasteiger charge is -2.21. The molecule has 6 nitrogen and oxygen atoms in total. The Morgan fingerprint density at radius 1 is 1.11 bits per heavy atom. The van der Waals surface area contributed by atoms with E-state index in [0.29, 0.717) is 36.8 Å². The Morgan fingerprint density at radius 3 is 2.46 bits per heavy atom. The number of ether oxygens (including phenoxy) is 3. The number of fused-ring (bicyclic) bond motifs is 1. The van der Waals surface area contributed by atoms with Crippen LogP contribution in [-0.4, -0.2) is 26.7 Å². The van der Waals surface area contributed by atoms with Gasteiger partial charge in [0.15, 0.2) is 11.5 Å². The van der Waals surface area contributed by atoms with E-state index in [9.17, 15) is 4.79 Å². The minimum atomic E-state index is 0.0878. The second-order valence-corrected chi connectivity index (χ2v) is 6.83. The van der Waals surface area contributed by atoms with Crippen LogP contribution in [0.3, 0.4) is 0 Å². The van der Waals surface area contributed by atoms with Crippen LogP contribution in [0.2, 0.25) is 0 Å². The van der Waals surface area contributed by atoms with Gasteiger partial charge in [-0.25, -0.2) is 0 Å². The first kappa shape index (κ1) is 20.0. The molecule has 1 heterocycles. The summed E-state index contributed by atoms with van der Waals surface area (Å²) >= 11 is 0. The number of nitrogens with one attached hydrogen (secondary N) is 2. The molecule has 0 spiro atoms. The van der Waals surface area contributed by atoms with E-state index < -0.39 is 0 Å². The highest BCUT2D eigenvalue weighted by Gasteiger charge is 2.17. The largest absolute Gasteiger partial charge is 0.493 e. The van der Waals surface area contributed by atoms with E-state index in [1.165, 1.54) is 11.1 Å². The smallest absolute Gasteiger partial charge is 0.224 e. The predicted octanol–water partition coefficient (Wildman–Crippen LogP) is 3.84. The molecule has 0 aromatic heterocycles. The van der Waals surface area contributed by atoms with Gasteiger partial charge in [-0.05, 0) is 55.2 Å². The molecule has 1 aliphatic heterocycles. The van der Waals surface area contributed by atoms with E-state index >= 15 is 0 Å². The molecule has 2 N–H and O–H groups in total. The number of benzene rings is 2. The van der Waals surface area contributed by atoms with E-state index in [1.807, 2.05) is 25.1 Å². The second-order valence-electron chi connectivity index (χ2n) is 6.83. The normalized spacial score (nSPS) is 14.1. The Bertz CT molecular complexity index is 825. The van der Waals surface area contributed by atoms with Crippen molar-refractivity contribution in [1.29, 1.82) is 0 Å². The van der Waals surface area contributed by atoms with E-state index in [-0.39, 0.29) is 11.9 Å². The molecule has 0 saturated carbocycles. The molecule has 1 aliphatic rings. The third kappa shape index (κ3) is 4.39. The molecule has 0 bridgehead atoms. The van der Waals surface area contributed by atoms with Gasteiger partial charge in [0.1, 0.15) is 0 Å². The molecule has 150 valence electrons. The molecular formula is C22H28N2O4. The van der Waals surface area contributed by atoms with Crippen LogP contribution >= 0.6 is 0 Å². The molecule has 0 radical (unpaired) electrons. The van der Waals surface area contributed by atoms with Gasteiger partial charge in [-0.1, -0.05) is 12.1 Å². The van der Waals surface area contributed by atoms with Crippen LogP contribution in [-0.2, 0) is 17.8 Å². The summed E-state index contributed by atoms with van der Waals surface area (Å²) < 4.78 is 16.6. The molecule has 6 heteroatoms. The summed E-state index contributed by atoms with van der Waals surface area (Å²) in [4.78, 5) is 11.5. The molecule has 28 heavy (non-hydrogen) atoms. The summed E-state index contributed by atoms with van der Waals surface area (Å²) in [5, 5.41) is 6.47. The third-order valence-electron chi connectivity index (χ3n) is 4.95. The van der Waals surface area contributed by atoms with Crippen molar-refractivity contribution in [3.8, 4) is 17.2 Å². The van der Waals surface area contributed by atoms with Crippen LogP contribution in [0, 0.1) is 0 Å². The van der Waals surface area contributed by atoms with Gasteiger partial charge in [-0.2, -0.15) is 0 Å². The summed E-state index contributed by atoms with van der Waals surface area (Å²) in [5.41, 5.74) is 4.36. The van der Waals surface area contributed by atoms with Crippen molar-refractivity contribution in [3.05, 3.63) is 47.0 Å². The summed E-state index contributed by atoms with van der Waals surface area (Å²) in [6, 6.07) is 10.3. The summed E-state index contributed by atoms with van der Waals surface area (Å²) in [6.45, 7) is 5.26. The van der Waals surface area contributed by atoms with Crippen LogP contribution in [0.4, 0.5) is 5.69 Å². The maximum Gasteiger partial charge on any atom is 0.224 e. The third-order valence-corrected chi connectivity index (χ3v) is 4.95. The Kier molecular flexibility index (Phi) is 6.41. The predicted molar refractivity (Wildman–Crippen MR) is 109 cm³/mol. The van der Waals surface area contributed by atoms with Crippen molar-refractivity contribution >= 4 is 11.6 Å². The van der Waals surface area contributed by atoms with E-state index in [4.69, 9.17) is 14.2 Å². The van der Waals surface area contributed by atoms with Gasteiger partial charge in [0.2, 0.25) is 11.7 Å². The lowest BCUT2D eigenvalue weighted by Crippen LogP contribution is -2.21. The molecule has 0 fully saturated rings. The maximum atomic E-state index is 11.5. The number of hydrogen-bond acceptors (Lipinski definition) is 5. The standard InChI is InChI=1S/C22H28N2O4/c1-5-28-22-19(26-3)10-15(11-20(22)27-4)13-23-14(2)16-6-8-18-17(12-16)7-9-21(25)24-18/h6,8,10-12,14,23H,5,7,9,13H2,1-4H3,(H,24,25). The van der Waals surface area contributed by atoms with Crippen molar-refractivity contribution in [2.24, 2.45) is 0 Å². The average Bonchev–Trinajstić information content (AvgIpc) is 2.72. The van der Waals surface area contributed by atoms with Gasteiger partial charge in [0, 0.05) is 24.7 Å². The Morgan fingerprint density at radius 2 is 1.82 bits per heavy atom. The summed E-state index contributed by atoms with van der Waals surface area (Å²) in [7, 11) is 3.26. The maximum absolute atomic E-state index is 11.5. The molecular weight excluding hydrogens is 356 g/mol. The molecule has 1 amide bonds. The topological polar surface area (TPSA) is 68.8 Å². The number of amides is 1. The van der Waals surface area contributed by atoms with E-state index in [0.717, 1.165) is 17.7 Å². The molecule has 1 unspecified atom stereocenters. The zero-order valence-electron chi connectivity index (χ0n) is 16.9. The molecule has 3 rings (SSSR count). The lowest BCUT2D eigenvalue weighted by atomic mass is 9.97. The Hall–Kier alpha value is -2.73. The first-order valence-corrected chi connectivity index (χ1v) is 9.59. The minimum absolute atomic E-state index is 0.0878. The number of carbonyl (C=O) groups excluding carboxylic acids is 1. The number of carbonyl (C=O) groups is 1. The highest BCUT2D eigenvalue weighted by molar-refractivity contribution is 5.93. The van der Waals surface area contributed by atoms with Crippen molar-refractivity contribution in [1.82, 2.24) is 5.32 Å². The zero-order valence-corrected chi connectivity index (χ0v) is 16.9. The van der Waals surface area contributed by atoms with Crippen LogP contribution < -0.4 is 24.8 Å². The second kappa shape index (κ2) is 8.97. The molecule has 2 aromatic rings. The number of aryl methyl sites for hydroxylation is 1. The van der Waals surface area contributed by atoms with Crippen LogP contribution in [0.15, 0.2) is 30.3 Å². The summed E-state index contributed by atoms with van der Waals surface area (Å²) in [5.74, 6) is 2.04. The minimum Gasteiger partial charge on any atom is -0.493 e. The average molecular weight is 384 g/mol. The Balaban J connectivity index is 1.72. The highest BCUT2D eigenvalue weighted by Crippen LogP contribution is 2.38. The molecule has 2 aromatic carbocycles. The van der Waals surface area contributed by atoms with Crippen molar-refractivity contribution in [3.63, 3.8) is 0 Å². The van der Waals surface area contributed by atoms with E-state index in [2.05, 4.69) is 29.7 Å². The fourth-order valence-electron chi connectivity index (χ4n) is 3.38. The van der Waals surface area contributed by atoms with Gasteiger partial charge in [-0.15, -0.1) is 0 Å². The van der Waals surface area contributed by atoms with Crippen molar-refractivity contribution in [2.45, 2.75) is 39.3 Å².